The quantitative estimate of drug-likeness (QED) is 0.710. The van der Waals surface area contributed by atoms with Crippen LogP contribution in [-0.2, 0) is 4.79 Å². The van der Waals surface area contributed by atoms with E-state index >= 15 is 0 Å². The zero-order chi connectivity index (χ0) is 16.0. The third-order valence-electron chi connectivity index (χ3n) is 3.44. The summed E-state index contributed by atoms with van der Waals surface area (Å²) in [6.07, 6.45) is -0.209. The van der Waals surface area contributed by atoms with Gasteiger partial charge in [-0.05, 0) is 45.1 Å². The zero-order valence-corrected chi connectivity index (χ0v) is 13.1. The van der Waals surface area contributed by atoms with E-state index in [4.69, 9.17) is 5.11 Å². The van der Waals surface area contributed by atoms with Gasteiger partial charge in [0, 0.05) is 18.7 Å². The van der Waals surface area contributed by atoms with Crippen molar-refractivity contribution < 1.29 is 14.7 Å². The van der Waals surface area contributed by atoms with Crippen molar-refractivity contribution in [3.8, 4) is 0 Å². The summed E-state index contributed by atoms with van der Waals surface area (Å²) in [7, 11) is 3.86. The van der Waals surface area contributed by atoms with Crippen LogP contribution in [-0.4, -0.2) is 55.0 Å². The molecule has 5 heteroatoms. The highest BCUT2D eigenvalue weighted by molar-refractivity contribution is 6.01. The van der Waals surface area contributed by atoms with E-state index in [1.807, 2.05) is 45.0 Å². The number of benzene rings is 1. The highest BCUT2D eigenvalue weighted by Gasteiger charge is 2.22. The number of hydrogen-bond donors (Lipinski definition) is 2. The lowest BCUT2D eigenvalue weighted by atomic mass is 9.98. The Kier molecular flexibility index (Phi) is 6.52. The molecular weight excluding hydrogens is 268 g/mol. The lowest BCUT2D eigenvalue weighted by Crippen LogP contribution is -2.41. The van der Waals surface area contributed by atoms with Gasteiger partial charge in [-0.2, -0.15) is 0 Å². The highest BCUT2D eigenvalue weighted by atomic mass is 16.4. The Morgan fingerprint density at radius 1 is 1.24 bits per heavy atom. The Balaban J connectivity index is 2.82. The van der Waals surface area contributed by atoms with Crippen LogP contribution >= 0.6 is 0 Å². The molecule has 0 saturated heterocycles. The van der Waals surface area contributed by atoms with Gasteiger partial charge in [0.15, 0.2) is 5.78 Å². The van der Waals surface area contributed by atoms with Crippen LogP contribution in [0.15, 0.2) is 18.2 Å². The van der Waals surface area contributed by atoms with Crippen molar-refractivity contribution in [2.24, 2.45) is 0 Å². The predicted octanol–water partition coefficient (Wildman–Crippen LogP) is 1.48. The minimum absolute atomic E-state index is 0.167. The van der Waals surface area contributed by atoms with Crippen LogP contribution in [0.1, 0.15) is 27.9 Å². The van der Waals surface area contributed by atoms with Crippen molar-refractivity contribution >= 4 is 11.8 Å². The summed E-state index contributed by atoms with van der Waals surface area (Å²) in [6, 6.07) is 4.78. The second kappa shape index (κ2) is 7.90. The first-order valence-electron chi connectivity index (χ1n) is 7.02. The maximum absolute atomic E-state index is 12.5. The first-order valence-corrected chi connectivity index (χ1v) is 7.02. The summed E-state index contributed by atoms with van der Waals surface area (Å²) in [5.74, 6) is -1.14. The fourth-order valence-electron chi connectivity index (χ4n) is 1.99. The fourth-order valence-corrected chi connectivity index (χ4v) is 1.99. The zero-order valence-electron chi connectivity index (χ0n) is 13.1. The number of nitrogens with one attached hydrogen (secondary N) is 1. The molecule has 0 aliphatic heterocycles. The molecule has 0 spiro atoms. The average Bonchev–Trinajstić information content (AvgIpc) is 2.39. The molecule has 1 aromatic rings. The molecule has 0 radical (unpaired) electrons. The topological polar surface area (TPSA) is 69.6 Å². The molecule has 0 aliphatic carbocycles. The molecule has 116 valence electrons. The van der Waals surface area contributed by atoms with Gasteiger partial charge >= 0.3 is 5.97 Å². The van der Waals surface area contributed by atoms with Gasteiger partial charge in [-0.3, -0.25) is 9.59 Å². The minimum Gasteiger partial charge on any atom is -0.481 e. The van der Waals surface area contributed by atoms with E-state index in [1.54, 1.807) is 6.07 Å². The molecule has 0 bridgehead atoms. The lowest BCUT2D eigenvalue weighted by molar-refractivity contribution is -0.137. The van der Waals surface area contributed by atoms with Crippen molar-refractivity contribution in [2.75, 3.05) is 27.2 Å². The van der Waals surface area contributed by atoms with Gasteiger partial charge in [-0.1, -0.05) is 12.1 Å². The molecule has 1 unspecified atom stereocenters. The Hall–Kier alpha value is -1.72. The first-order chi connectivity index (χ1) is 9.81. The van der Waals surface area contributed by atoms with E-state index in [9.17, 15) is 9.59 Å². The summed E-state index contributed by atoms with van der Waals surface area (Å²) >= 11 is 0. The number of nitrogens with zero attached hydrogens (tertiary/aromatic N) is 1. The van der Waals surface area contributed by atoms with Crippen LogP contribution in [0.4, 0.5) is 0 Å². The molecule has 5 nitrogen and oxygen atoms in total. The van der Waals surface area contributed by atoms with Crippen LogP contribution in [0.3, 0.4) is 0 Å². The van der Waals surface area contributed by atoms with E-state index in [0.29, 0.717) is 12.1 Å². The number of aryl methyl sites for hydroxylation is 2. The molecule has 0 amide bonds. The van der Waals surface area contributed by atoms with Crippen LogP contribution in [0.25, 0.3) is 0 Å². The van der Waals surface area contributed by atoms with Crippen molar-refractivity contribution in [1.82, 2.24) is 10.2 Å². The SMILES string of the molecule is Cc1ccc(C(=O)C(CC(=O)O)NCCN(C)C)cc1C. The second-order valence-electron chi connectivity index (χ2n) is 5.57. The molecule has 1 aromatic carbocycles. The normalized spacial score (nSPS) is 12.4. The van der Waals surface area contributed by atoms with Gasteiger partial charge in [0.1, 0.15) is 0 Å². The molecule has 1 atom stereocenters. The van der Waals surface area contributed by atoms with Crippen LogP contribution in [0.2, 0.25) is 0 Å². The Morgan fingerprint density at radius 3 is 2.43 bits per heavy atom. The number of rotatable bonds is 8. The van der Waals surface area contributed by atoms with E-state index in [1.165, 1.54) is 0 Å². The Bertz CT molecular complexity index is 512. The fraction of sp³-hybridized carbons (Fsp3) is 0.500. The van der Waals surface area contributed by atoms with E-state index in [-0.39, 0.29) is 12.2 Å². The van der Waals surface area contributed by atoms with Crippen molar-refractivity contribution in [3.63, 3.8) is 0 Å². The third-order valence-corrected chi connectivity index (χ3v) is 3.44. The molecule has 0 fully saturated rings. The number of carbonyl (C=O) groups excluding carboxylic acids is 1. The summed E-state index contributed by atoms with van der Waals surface area (Å²) in [6.45, 7) is 5.24. The molecule has 21 heavy (non-hydrogen) atoms. The van der Waals surface area contributed by atoms with Crippen LogP contribution in [0, 0.1) is 13.8 Å². The molecule has 0 aromatic heterocycles. The van der Waals surface area contributed by atoms with Gasteiger partial charge < -0.3 is 15.3 Å². The summed E-state index contributed by atoms with van der Waals surface area (Å²) < 4.78 is 0. The van der Waals surface area contributed by atoms with E-state index in [2.05, 4.69) is 5.32 Å². The largest absolute Gasteiger partial charge is 0.481 e. The van der Waals surface area contributed by atoms with Crippen molar-refractivity contribution in [3.05, 3.63) is 34.9 Å². The Morgan fingerprint density at radius 2 is 1.90 bits per heavy atom. The molecule has 2 N–H and O–H groups in total. The standard InChI is InChI=1S/C16H24N2O3/c1-11-5-6-13(9-12(11)2)16(21)14(10-15(19)20)17-7-8-18(3)4/h5-6,9,14,17H,7-8,10H2,1-4H3,(H,19,20). The van der Waals surface area contributed by atoms with Crippen molar-refractivity contribution in [2.45, 2.75) is 26.3 Å². The molecule has 0 heterocycles. The van der Waals surface area contributed by atoms with Crippen LogP contribution < -0.4 is 5.32 Å². The maximum atomic E-state index is 12.5. The monoisotopic (exact) mass is 292 g/mol. The van der Waals surface area contributed by atoms with Gasteiger partial charge in [-0.15, -0.1) is 0 Å². The number of carbonyl (C=O) groups is 2. The van der Waals surface area contributed by atoms with E-state index < -0.39 is 12.0 Å². The van der Waals surface area contributed by atoms with Gasteiger partial charge in [0.2, 0.25) is 0 Å². The predicted molar refractivity (Wildman–Crippen MR) is 82.8 cm³/mol. The summed E-state index contributed by atoms with van der Waals surface area (Å²) in [4.78, 5) is 25.4. The van der Waals surface area contributed by atoms with Gasteiger partial charge in [-0.25, -0.2) is 0 Å². The maximum Gasteiger partial charge on any atom is 0.305 e. The minimum atomic E-state index is -0.977. The number of carboxylic acids is 1. The number of ketones is 1. The third kappa shape index (κ3) is 5.65. The van der Waals surface area contributed by atoms with E-state index in [0.717, 1.165) is 17.7 Å². The van der Waals surface area contributed by atoms with Gasteiger partial charge in [0.05, 0.1) is 12.5 Å². The smallest absolute Gasteiger partial charge is 0.305 e. The molecular formula is C16H24N2O3. The summed E-state index contributed by atoms with van der Waals surface area (Å²) in [5.41, 5.74) is 2.70. The molecule has 0 aliphatic rings. The highest BCUT2D eigenvalue weighted by Crippen LogP contribution is 2.13. The number of hydrogen-bond acceptors (Lipinski definition) is 4. The Labute approximate surface area is 126 Å². The first kappa shape index (κ1) is 17.3. The molecule has 1 rings (SSSR count). The number of aliphatic carboxylic acids is 1. The average molecular weight is 292 g/mol. The number of carboxylic acid groups (broad SMARTS) is 1. The van der Waals surface area contributed by atoms with Gasteiger partial charge in [0.25, 0.3) is 0 Å². The lowest BCUT2D eigenvalue weighted by Gasteiger charge is -2.18. The number of likely N-dealkylation sites (N-methyl/N-ethyl adjacent to an activating group) is 1. The van der Waals surface area contributed by atoms with Crippen molar-refractivity contribution in [1.29, 1.82) is 0 Å². The van der Waals surface area contributed by atoms with Crippen LogP contribution in [0.5, 0.6) is 0 Å². The summed E-state index contributed by atoms with van der Waals surface area (Å²) in [5, 5.41) is 12.0. The number of Topliss-reactive ketones (excluding diaryl/α,β-unsaturated/α-hetero) is 1. The molecule has 0 saturated carbocycles. The second-order valence-corrected chi connectivity index (χ2v) is 5.57.